The number of amides is 1. The summed E-state index contributed by atoms with van der Waals surface area (Å²) >= 11 is 0. The smallest absolute Gasteiger partial charge is 0.249 e. The summed E-state index contributed by atoms with van der Waals surface area (Å²) in [5.74, 6) is -0.954. The number of hydrogen-bond acceptors (Lipinski definition) is 3. The molecule has 0 aliphatic rings. The fourth-order valence-corrected chi connectivity index (χ4v) is 0.930. The molecule has 0 aliphatic carbocycles. The van der Waals surface area contributed by atoms with Crippen LogP contribution in [0.2, 0.25) is 0 Å². The largest absolute Gasteiger partial charge is 0.324 e. The van der Waals surface area contributed by atoms with Crippen molar-refractivity contribution in [3.05, 3.63) is 34.5 Å². The maximum absolute atomic E-state index is 13.0. The van der Waals surface area contributed by atoms with Crippen LogP contribution in [0, 0.1) is 17.6 Å². The molecule has 0 unspecified atom stereocenters. The highest BCUT2D eigenvalue weighted by atomic mass is 19.1. The van der Waals surface area contributed by atoms with Crippen molar-refractivity contribution in [2.75, 3.05) is 11.9 Å². The van der Waals surface area contributed by atoms with Crippen molar-refractivity contribution in [2.24, 2.45) is 5.18 Å². The molecule has 4 nitrogen and oxygen atoms in total. The van der Waals surface area contributed by atoms with E-state index in [1.54, 1.807) is 19.1 Å². The third-order valence-corrected chi connectivity index (χ3v) is 1.66. The van der Waals surface area contributed by atoms with Crippen LogP contribution >= 0.6 is 0 Å². The lowest BCUT2D eigenvalue weighted by molar-refractivity contribution is -0.114. The molecule has 0 atom stereocenters. The molecule has 1 amide bonds. The summed E-state index contributed by atoms with van der Waals surface area (Å²) in [4.78, 5) is 20.6. The summed E-state index contributed by atoms with van der Waals surface area (Å²) in [7, 11) is 0. The molecule has 0 heterocycles. The van der Waals surface area contributed by atoms with Crippen molar-refractivity contribution in [2.45, 2.75) is 6.92 Å². The third kappa shape index (κ3) is 2.62. The highest BCUT2D eigenvalue weighted by Gasteiger charge is 2.03. The summed E-state index contributed by atoms with van der Waals surface area (Å²) in [6.45, 7) is 1.16. The van der Waals surface area contributed by atoms with Crippen LogP contribution in [-0.4, -0.2) is 12.5 Å². The molecular formula is C9H9FN2O2. The average Bonchev–Trinajstić information content (AvgIpc) is 2.12. The normalized spacial score (nSPS) is 9.57. The van der Waals surface area contributed by atoms with E-state index in [-0.39, 0.29) is 0 Å². The average molecular weight is 196 g/mol. The Morgan fingerprint density at radius 2 is 2.29 bits per heavy atom. The van der Waals surface area contributed by atoms with Crippen molar-refractivity contribution < 1.29 is 9.18 Å². The molecule has 0 radical (unpaired) electrons. The Balaban J connectivity index is 2.72. The van der Waals surface area contributed by atoms with Crippen molar-refractivity contribution in [1.82, 2.24) is 0 Å². The minimum Gasteiger partial charge on any atom is -0.324 e. The van der Waals surface area contributed by atoms with Gasteiger partial charge in [0.2, 0.25) is 5.91 Å². The van der Waals surface area contributed by atoms with Gasteiger partial charge in [-0.15, -0.1) is 0 Å². The number of hydrogen-bond donors (Lipinski definition) is 1. The zero-order valence-electron chi connectivity index (χ0n) is 7.58. The van der Waals surface area contributed by atoms with Gasteiger partial charge in [0.25, 0.3) is 0 Å². The summed E-state index contributed by atoms with van der Waals surface area (Å²) in [6.07, 6.45) is 0. The second-order valence-electron chi connectivity index (χ2n) is 2.80. The van der Waals surface area contributed by atoms with E-state index in [0.717, 1.165) is 0 Å². The first kappa shape index (κ1) is 10.3. The molecule has 74 valence electrons. The Hall–Kier alpha value is -1.78. The fourth-order valence-electron chi connectivity index (χ4n) is 0.930. The Kier molecular flexibility index (Phi) is 3.28. The van der Waals surface area contributed by atoms with E-state index < -0.39 is 18.3 Å². The van der Waals surface area contributed by atoms with E-state index in [2.05, 4.69) is 10.5 Å². The topological polar surface area (TPSA) is 58.5 Å². The molecule has 0 saturated carbocycles. The lowest BCUT2D eigenvalue weighted by atomic mass is 10.2. The van der Waals surface area contributed by atoms with Gasteiger partial charge in [-0.2, -0.15) is 4.91 Å². The molecule has 1 aromatic carbocycles. The molecule has 0 saturated heterocycles. The van der Waals surface area contributed by atoms with Crippen molar-refractivity contribution in [3.8, 4) is 0 Å². The number of anilines is 1. The van der Waals surface area contributed by atoms with Crippen LogP contribution in [0.15, 0.2) is 23.4 Å². The van der Waals surface area contributed by atoms with Gasteiger partial charge in [-0.1, -0.05) is 11.2 Å². The van der Waals surface area contributed by atoms with E-state index in [1.165, 1.54) is 6.07 Å². The van der Waals surface area contributed by atoms with Gasteiger partial charge in [-0.25, -0.2) is 4.39 Å². The number of benzene rings is 1. The number of halogens is 1. The van der Waals surface area contributed by atoms with Crippen molar-refractivity contribution >= 4 is 11.6 Å². The lowest BCUT2D eigenvalue weighted by Crippen LogP contribution is -2.14. The number of nitroso groups, excluding NO2 is 1. The molecule has 0 spiro atoms. The Bertz CT molecular complexity index is 366. The highest BCUT2D eigenvalue weighted by Crippen LogP contribution is 2.13. The zero-order chi connectivity index (χ0) is 10.6. The van der Waals surface area contributed by atoms with E-state index in [0.29, 0.717) is 11.3 Å². The second-order valence-corrected chi connectivity index (χ2v) is 2.80. The van der Waals surface area contributed by atoms with E-state index in [1.807, 2.05) is 0 Å². The molecule has 0 bridgehead atoms. The molecule has 0 aliphatic heterocycles. The van der Waals surface area contributed by atoms with E-state index in [9.17, 15) is 14.1 Å². The van der Waals surface area contributed by atoms with Crippen molar-refractivity contribution in [3.63, 3.8) is 0 Å². The highest BCUT2D eigenvalue weighted by molar-refractivity contribution is 5.92. The van der Waals surface area contributed by atoms with Gasteiger partial charge in [0.1, 0.15) is 5.82 Å². The van der Waals surface area contributed by atoms with Crippen LogP contribution in [0.4, 0.5) is 10.1 Å². The number of nitrogens with zero attached hydrogens (tertiary/aromatic N) is 1. The first-order chi connectivity index (χ1) is 6.63. The molecular weight excluding hydrogens is 187 g/mol. The maximum Gasteiger partial charge on any atom is 0.249 e. The van der Waals surface area contributed by atoms with Crippen LogP contribution in [0.25, 0.3) is 0 Å². The number of aryl methyl sites for hydroxylation is 1. The second kappa shape index (κ2) is 4.45. The Labute approximate surface area is 80.1 Å². The van der Waals surface area contributed by atoms with Gasteiger partial charge in [0.15, 0.2) is 6.54 Å². The summed E-state index contributed by atoms with van der Waals surface area (Å²) in [5, 5.41) is 4.75. The van der Waals surface area contributed by atoms with Crippen LogP contribution in [-0.2, 0) is 4.79 Å². The molecule has 0 aromatic heterocycles. The van der Waals surface area contributed by atoms with Gasteiger partial charge >= 0.3 is 0 Å². The monoisotopic (exact) mass is 196 g/mol. The predicted molar refractivity (Wildman–Crippen MR) is 50.4 cm³/mol. The number of nitrogens with one attached hydrogen (secondary N) is 1. The van der Waals surface area contributed by atoms with Gasteiger partial charge in [-0.3, -0.25) is 4.79 Å². The molecule has 5 heteroatoms. The molecule has 0 fully saturated rings. The number of carbonyl (C=O) groups excluding carboxylic acids is 1. The summed E-state index contributed by atoms with van der Waals surface area (Å²) in [6, 6.07) is 4.29. The summed E-state index contributed by atoms with van der Waals surface area (Å²) in [5.41, 5.74) is 0.818. The molecule has 1 N–H and O–H groups in total. The van der Waals surface area contributed by atoms with Gasteiger partial charge < -0.3 is 5.32 Å². The van der Waals surface area contributed by atoms with Crippen LogP contribution in [0.5, 0.6) is 0 Å². The van der Waals surface area contributed by atoms with Crippen molar-refractivity contribution in [1.29, 1.82) is 0 Å². The van der Waals surface area contributed by atoms with Crippen LogP contribution < -0.4 is 5.32 Å². The number of rotatable bonds is 3. The molecule has 1 aromatic rings. The van der Waals surface area contributed by atoms with E-state index >= 15 is 0 Å². The summed E-state index contributed by atoms with van der Waals surface area (Å²) < 4.78 is 13.0. The minimum absolute atomic E-state index is 0.321. The number of carbonyl (C=O) groups is 1. The molecule has 14 heavy (non-hydrogen) atoms. The maximum atomic E-state index is 13.0. The van der Waals surface area contributed by atoms with Gasteiger partial charge in [-0.05, 0) is 24.6 Å². The quantitative estimate of drug-likeness (QED) is 0.750. The van der Waals surface area contributed by atoms with Crippen LogP contribution in [0.1, 0.15) is 5.56 Å². The van der Waals surface area contributed by atoms with Gasteiger partial charge in [0, 0.05) is 5.69 Å². The van der Waals surface area contributed by atoms with Gasteiger partial charge in [0.05, 0.1) is 0 Å². The standard InChI is InChI=1S/C9H9FN2O2/c1-6-2-3-7(4-8(6)10)12-9(13)5-11-14/h2-4H,5H2,1H3,(H,12,13). The Morgan fingerprint density at radius 3 is 2.86 bits per heavy atom. The third-order valence-electron chi connectivity index (χ3n) is 1.66. The first-order valence-corrected chi connectivity index (χ1v) is 3.98. The fraction of sp³-hybridized carbons (Fsp3) is 0.222. The Morgan fingerprint density at radius 1 is 1.57 bits per heavy atom. The lowest BCUT2D eigenvalue weighted by Gasteiger charge is -2.03. The minimum atomic E-state index is -0.553. The predicted octanol–water partition coefficient (Wildman–Crippen LogP) is 1.84. The molecule has 1 rings (SSSR count). The first-order valence-electron chi connectivity index (χ1n) is 3.98. The zero-order valence-corrected chi connectivity index (χ0v) is 7.58. The SMILES string of the molecule is Cc1ccc(NC(=O)CN=O)cc1F. The van der Waals surface area contributed by atoms with E-state index in [4.69, 9.17) is 0 Å². The van der Waals surface area contributed by atoms with Crippen LogP contribution in [0.3, 0.4) is 0 Å².